The third kappa shape index (κ3) is 15.7. The maximum Gasteiger partial charge on any atom is 0.324 e. The predicted molar refractivity (Wildman–Crippen MR) is 252 cm³/mol. The van der Waals surface area contributed by atoms with Crippen molar-refractivity contribution >= 4 is 68.3 Å². The minimum Gasteiger partial charge on any atom is -0.328 e. The average molecular weight is 803 g/mol. The molecule has 0 spiro atoms. The van der Waals surface area contributed by atoms with Crippen LogP contribution in [-0.2, 0) is 0 Å². The summed E-state index contributed by atoms with van der Waals surface area (Å²) < 4.78 is 0. The van der Waals surface area contributed by atoms with Crippen LogP contribution in [0.25, 0.3) is 0 Å². The normalized spacial score (nSPS) is 11.3. The molecule has 6 aromatic rings. The van der Waals surface area contributed by atoms with E-state index >= 15 is 0 Å². The quantitative estimate of drug-likeness (QED) is 0.126. The molecule has 7 heteroatoms. The van der Waals surface area contributed by atoms with Gasteiger partial charge in [0.25, 0.3) is 0 Å². The van der Waals surface area contributed by atoms with Gasteiger partial charge in [0, 0.05) is 0 Å². The molecule has 290 valence electrons. The lowest BCUT2D eigenvalue weighted by molar-refractivity contribution is 0.368. The topological polar surface area (TPSA) is 60.7 Å². The van der Waals surface area contributed by atoms with Gasteiger partial charge in [-0.2, -0.15) is 0 Å². The van der Waals surface area contributed by atoms with Crippen molar-refractivity contribution in [1.82, 2.24) is 0 Å². The second-order valence-corrected chi connectivity index (χ2v) is 21.5. The first-order valence-electron chi connectivity index (χ1n) is 19.5. The fourth-order valence-corrected chi connectivity index (χ4v) is 13.8. The highest BCUT2D eigenvalue weighted by molar-refractivity contribution is 7.38. The Morgan fingerprint density at radius 3 is 0.764 bits per heavy atom. The second-order valence-electron chi connectivity index (χ2n) is 15.2. The molecule has 0 heterocycles. The van der Waals surface area contributed by atoms with Crippen LogP contribution in [0, 0.1) is 20.8 Å². The molecule has 55 heavy (non-hydrogen) atoms. The minimum atomic E-state index is -2.62. The zero-order valence-electron chi connectivity index (χ0n) is 34.5. The Kier molecular flexibility index (Phi) is 20.0. The number of rotatable bonds is 9. The number of hydrogen-bond donors (Lipinski definition) is 3. The molecule has 0 amide bonds. The van der Waals surface area contributed by atoms with Crippen LogP contribution in [0.5, 0.6) is 0 Å². The molecule has 0 bridgehead atoms. The molecular weight excluding hydrogens is 740 g/mol. The Hall–Kier alpha value is -3.72. The van der Waals surface area contributed by atoms with E-state index in [1.54, 1.807) is 32.3 Å². The van der Waals surface area contributed by atoms with Gasteiger partial charge in [-0.05, 0) is 71.9 Å². The Bertz CT molecular complexity index is 1760. The Morgan fingerprint density at radius 1 is 0.345 bits per heavy atom. The molecule has 0 aliphatic heterocycles. The van der Waals surface area contributed by atoms with Crippen molar-refractivity contribution in [3.63, 3.8) is 0 Å². The van der Waals surface area contributed by atoms with E-state index in [1.807, 2.05) is 0 Å². The van der Waals surface area contributed by atoms with Gasteiger partial charge < -0.3 is 14.7 Å². The summed E-state index contributed by atoms with van der Waals surface area (Å²) in [4.78, 5) is 21.7. The van der Waals surface area contributed by atoms with Gasteiger partial charge in [-0.3, -0.25) is 0 Å². The Labute approximate surface area is 340 Å². The first-order chi connectivity index (χ1) is 26.3. The standard InChI is InChI=1S/3C16H20Si.H3O3P/c3*1-12(2)16-13(3)8-7-11-15(16)17-14-9-5-4-6-10-14;1-4(2)3/h3*4-12H,17H2,1-3H3;1-3H. The fourth-order valence-electron chi connectivity index (χ4n) is 7.61. The highest BCUT2D eigenvalue weighted by Crippen LogP contribution is 2.18. The number of benzene rings is 6. The molecule has 0 saturated carbocycles. The molecule has 0 aliphatic rings. The first-order valence-corrected chi connectivity index (χ1v) is 25.0. The average Bonchev–Trinajstić information content (AvgIpc) is 3.13. The molecule has 0 saturated heterocycles. The fraction of sp³-hybridized carbons (Fsp3) is 0.250. The van der Waals surface area contributed by atoms with E-state index in [9.17, 15) is 0 Å². The van der Waals surface area contributed by atoms with E-state index in [0.29, 0.717) is 17.8 Å². The molecule has 6 rings (SSSR count). The number of aryl methyl sites for hydroxylation is 3. The summed E-state index contributed by atoms with van der Waals surface area (Å²) in [7, 11) is -3.60. The Morgan fingerprint density at radius 2 is 0.564 bits per heavy atom. The zero-order valence-corrected chi connectivity index (χ0v) is 39.6. The monoisotopic (exact) mass is 802 g/mol. The van der Waals surface area contributed by atoms with Gasteiger partial charge in [-0.25, -0.2) is 0 Å². The summed E-state index contributed by atoms with van der Waals surface area (Å²) in [6.45, 7) is 20.5. The van der Waals surface area contributed by atoms with Crippen molar-refractivity contribution in [2.75, 3.05) is 0 Å². The van der Waals surface area contributed by atoms with Crippen LogP contribution < -0.4 is 31.1 Å². The van der Waals surface area contributed by atoms with E-state index in [1.165, 1.54) is 32.3 Å². The summed E-state index contributed by atoms with van der Waals surface area (Å²) in [6.07, 6.45) is 0. The van der Waals surface area contributed by atoms with E-state index in [4.69, 9.17) is 14.7 Å². The second kappa shape index (κ2) is 24.0. The van der Waals surface area contributed by atoms with Crippen LogP contribution in [0.2, 0.25) is 0 Å². The van der Waals surface area contributed by atoms with Gasteiger partial charge in [0.05, 0.1) is 28.6 Å². The Balaban J connectivity index is 0.000000211. The third-order valence-electron chi connectivity index (χ3n) is 9.69. The van der Waals surface area contributed by atoms with E-state index in [-0.39, 0.29) is 28.6 Å². The smallest absolute Gasteiger partial charge is 0.324 e. The SMILES string of the molecule is Cc1cccc([SiH2]c2ccccc2)c1C(C)C.Cc1cccc([SiH2]c2ccccc2)c1C(C)C.Cc1cccc([SiH2]c2ccccc2)c1C(C)C.OP(O)O. The number of hydrogen-bond acceptors (Lipinski definition) is 3. The largest absolute Gasteiger partial charge is 0.328 e. The predicted octanol–water partition coefficient (Wildman–Crippen LogP) is 5.90. The van der Waals surface area contributed by atoms with Crippen LogP contribution in [0.15, 0.2) is 146 Å². The highest BCUT2D eigenvalue weighted by Gasteiger charge is 2.12. The molecule has 0 unspecified atom stereocenters. The van der Waals surface area contributed by atoms with Crippen molar-refractivity contribution in [3.05, 3.63) is 179 Å². The first kappa shape index (κ1) is 45.7. The maximum absolute atomic E-state index is 7.23. The summed E-state index contributed by atoms with van der Waals surface area (Å²) in [5.74, 6) is 1.88. The molecule has 0 aromatic heterocycles. The van der Waals surface area contributed by atoms with E-state index in [0.717, 1.165) is 0 Å². The van der Waals surface area contributed by atoms with Crippen LogP contribution in [0.1, 0.15) is 92.7 Å². The van der Waals surface area contributed by atoms with Crippen LogP contribution in [0.3, 0.4) is 0 Å². The van der Waals surface area contributed by atoms with Crippen molar-refractivity contribution in [1.29, 1.82) is 0 Å². The molecule has 0 radical (unpaired) electrons. The van der Waals surface area contributed by atoms with Gasteiger partial charge in [0.2, 0.25) is 0 Å². The van der Waals surface area contributed by atoms with E-state index < -0.39 is 8.60 Å². The maximum atomic E-state index is 7.23. The van der Waals surface area contributed by atoms with Gasteiger partial charge in [0.1, 0.15) is 0 Å². The molecule has 6 aromatic carbocycles. The minimum absolute atomic E-state index is 0.327. The lowest BCUT2D eigenvalue weighted by Gasteiger charge is -2.15. The third-order valence-corrected chi connectivity index (χ3v) is 15.3. The van der Waals surface area contributed by atoms with Crippen molar-refractivity contribution < 1.29 is 14.7 Å². The summed E-state index contributed by atoms with van der Waals surface area (Å²) >= 11 is 0. The molecule has 0 aliphatic carbocycles. The molecule has 3 N–H and O–H groups in total. The molecule has 0 atom stereocenters. The summed E-state index contributed by atoms with van der Waals surface area (Å²) in [5.41, 5.74) is 9.05. The van der Waals surface area contributed by atoms with Crippen LogP contribution in [-0.4, -0.2) is 43.2 Å². The summed E-state index contributed by atoms with van der Waals surface area (Å²) in [5, 5.41) is 9.39. The lowest BCUT2D eigenvalue weighted by atomic mass is 9.98. The molecular formula is C48H63O3PSi3. The highest BCUT2D eigenvalue weighted by atomic mass is 31.2. The van der Waals surface area contributed by atoms with Gasteiger partial charge in [-0.1, -0.05) is 218 Å². The van der Waals surface area contributed by atoms with Gasteiger partial charge in [-0.15, -0.1) is 0 Å². The van der Waals surface area contributed by atoms with Crippen molar-refractivity contribution in [2.45, 2.75) is 80.1 Å². The molecule has 3 nitrogen and oxygen atoms in total. The van der Waals surface area contributed by atoms with E-state index in [2.05, 4.69) is 208 Å². The van der Waals surface area contributed by atoms with Crippen molar-refractivity contribution in [2.24, 2.45) is 0 Å². The van der Waals surface area contributed by atoms with Gasteiger partial charge >= 0.3 is 8.60 Å². The van der Waals surface area contributed by atoms with Crippen molar-refractivity contribution in [3.8, 4) is 0 Å². The van der Waals surface area contributed by atoms with Crippen LogP contribution >= 0.6 is 8.60 Å². The lowest BCUT2D eigenvalue weighted by Crippen LogP contribution is -2.30. The van der Waals surface area contributed by atoms with Crippen LogP contribution in [0.4, 0.5) is 0 Å². The summed E-state index contributed by atoms with van der Waals surface area (Å²) in [6, 6.07) is 53.0. The molecule has 0 fully saturated rings. The zero-order chi connectivity index (χ0) is 40.3. The van der Waals surface area contributed by atoms with Gasteiger partial charge in [0.15, 0.2) is 0 Å².